The number of nitrogens with zero attached hydrogens (tertiary/aromatic N) is 1. The van der Waals surface area contributed by atoms with Crippen molar-refractivity contribution < 1.29 is 4.79 Å². The first-order valence-electron chi connectivity index (χ1n) is 3.69. The number of hydrogen-bond donors (Lipinski definition) is 1. The Hall–Kier alpha value is -1.42. The Morgan fingerprint density at radius 3 is 2.38 bits per heavy atom. The summed E-state index contributed by atoms with van der Waals surface area (Å²) in [4.78, 5) is 12.2. The van der Waals surface area contributed by atoms with Crippen molar-refractivity contribution in [1.29, 1.82) is 0 Å². The van der Waals surface area contributed by atoms with E-state index in [1.165, 1.54) is 4.90 Å². The molecule has 67 valence electrons. The van der Waals surface area contributed by atoms with Crippen LogP contribution in [0.1, 0.15) is 6.92 Å². The lowest BCUT2D eigenvalue weighted by Crippen LogP contribution is -2.24. The fourth-order valence-electron chi connectivity index (χ4n) is 0.922. The monoisotopic (exact) mass is 193 g/mol. The van der Waals surface area contributed by atoms with Crippen molar-refractivity contribution >= 4 is 35.0 Å². The van der Waals surface area contributed by atoms with Crippen LogP contribution in [-0.4, -0.2) is 11.4 Å². The Balaban J connectivity index is 2.99. The van der Waals surface area contributed by atoms with Gasteiger partial charge in [-0.1, -0.05) is 12.2 Å². The van der Waals surface area contributed by atoms with E-state index in [-0.39, 0.29) is 0 Å². The maximum Gasteiger partial charge on any atom is 0.322 e. The van der Waals surface area contributed by atoms with E-state index in [0.717, 1.165) is 0 Å². The van der Waals surface area contributed by atoms with Crippen LogP contribution in [0.2, 0.25) is 0 Å². The molecule has 2 N–H and O–H groups in total. The van der Waals surface area contributed by atoms with E-state index < -0.39 is 0 Å². The predicted molar refractivity (Wildman–Crippen MR) is 57.3 cm³/mol. The van der Waals surface area contributed by atoms with Crippen molar-refractivity contribution in [3.05, 3.63) is 24.3 Å². The van der Waals surface area contributed by atoms with Crippen LogP contribution >= 0.6 is 12.2 Å². The van der Waals surface area contributed by atoms with Crippen LogP contribution in [-0.2, 0) is 4.79 Å². The highest BCUT2D eigenvalue weighted by Crippen LogP contribution is 2.15. The van der Waals surface area contributed by atoms with Crippen molar-refractivity contribution in [2.75, 3.05) is 10.6 Å². The molecule has 0 aliphatic carbocycles. The summed E-state index contributed by atoms with van der Waals surface area (Å²) in [6.07, 6.45) is 1.74. The minimum atomic E-state index is 0.458. The number of benzene rings is 1. The van der Waals surface area contributed by atoms with E-state index in [1.54, 1.807) is 37.6 Å². The van der Waals surface area contributed by atoms with Gasteiger partial charge < -0.3 is 5.73 Å². The van der Waals surface area contributed by atoms with Crippen molar-refractivity contribution in [2.45, 2.75) is 6.92 Å². The molecule has 0 heterocycles. The summed E-state index contributed by atoms with van der Waals surface area (Å²) in [6.45, 7) is 1.66. The van der Waals surface area contributed by atoms with Gasteiger partial charge in [-0.25, -0.2) is 0 Å². The second-order valence-corrected chi connectivity index (χ2v) is 3.13. The standard InChI is InChI=1S/C9H9N2OS/c1-7(13)11(6-12)9-4-2-8(10)3-5-9/h2-5H,10H2,1H3. The molecular formula is C9H9N2OS. The molecule has 13 heavy (non-hydrogen) atoms. The molecule has 0 aromatic heterocycles. The maximum atomic E-state index is 10.5. The van der Waals surface area contributed by atoms with E-state index in [0.29, 0.717) is 16.4 Å². The second kappa shape index (κ2) is 4.00. The minimum Gasteiger partial charge on any atom is -0.399 e. The van der Waals surface area contributed by atoms with Crippen molar-refractivity contribution in [2.24, 2.45) is 0 Å². The Morgan fingerprint density at radius 2 is 2.00 bits per heavy atom. The highest BCUT2D eigenvalue weighted by molar-refractivity contribution is 7.80. The largest absolute Gasteiger partial charge is 0.399 e. The molecule has 1 aromatic carbocycles. The summed E-state index contributed by atoms with van der Waals surface area (Å²) in [5, 5.41) is 0. The Labute approximate surface area is 82.1 Å². The second-order valence-electron chi connectivity index (χ2n) is 2.54. The molecule has 3 nitrogen and oxygen atoms in total. The average Bonchev–Trinajstić information content (AvgIpc) is 2.09. The van der Waals surface area contributed by atoms with E-state index in [4.69, 9.17) is 18.0 Å². The summed E-state index contributed by atoms with van der Waals surface area (Å²) >= 11 is 4.86. The van der Waals surface area contributed by atoms with Crippen LogP contribution in [0.3, 0.4) is 0 Å². The van der Waals surface area contributed by atoms with Gasteiger partial charge in [0.05, 0.1) is 10.7 Å². The normalized spacial score (nSPS) is 9.31. The van der Waals surface area contributed by atoms with Gasteiger partial charge in [0.1, 0.15) is 0 Å². The number of anilines is 2. The fourth-order valence-corrected chi connectivity index (χ4v) is 1.06. The molecule has 4 heteroatoms. The van der Waals surface area contributed by atoms with Crippen LogP contribution in [0, 0.1) is 0 Å². The van der Waals surface area contributed by atoms with Crippen LogP contribution < -0.4 is 10.6 Å². The summed E-state index contributed by atoms with van der Waals surface area (Å²) < 4.78 is 0. The lowest BCUT2D eigenvalue weighted by atomic mass is 10.2. The zero-order valence-corrected chi connectivity index (χ0v) is 7.97. The van der Waals surface area contributed by atoms with Crippen LogP contribution in [0.25, 0.3) is 0 Å². The number of nitrogen functional groups attached to an aromatic ring is 1. The maximum absolute atomic E-state index is 10.5. The molecule has 0 fully saturated rings. The summed E-state index contributed by atoms with van der Waals surface area (Å²) in [5.74, 6) is 0. The van der Waals surface area contributed by atoms with Crippen LogP contribution in [0.4, 0.5) is 11.4 Å². The van der Waals surface area contributed by atoms with Gasteiger partial charge >= 0.3 is 6.41 Å². The smallest absolute Gasteiger partial charge is 0.322 e. The first-order valence-corrected chi connectivity index (χ1v) is 4.10. The van der Waals surface area contributed by atoms with Gasteiger partial charge in [0.2, 0.25) is 0 Å². The molecule has 0 unspecified atom stereocenters. The topological polar surface area (TPSA) is 46.3 Å². The van der Waals surface area contributed by atoms with Crippen LogP contribution in [0.15, 0.2) is 24.3 Å². The molecule has 0 atom stereocenters. The third-order valence-corrected chi connectivity index (χ3v) is 1.74. The van der Waals surface area contributed by atoms with E-state index in [9.17, 15) is 4.79 Å². The van der Waals surface area contributed by atoms with E-state index >= 15 is 0 Å². The molecule has 0 spiro atoms. The number of carbonyl (C=O) groups excluding carboxylic acids is 1. The van der Waals surface area contributed by atoms with Gasteiger partial charge in [-0.15, -0.1) is 0 Å². The molecule has 1 aromatic rings. The molecular weight excluding hydrogens is 184 g/mol. The number of rotatable bonds is 2. The van der Waals surface area contributed by atoms with E-state index in [2.05, 4.69) is 0 Å². The Bertz CT molecular complexity index is 321. The summed E-state index contributed by atoms with van der Waals surface area (Å²) in [6, 6.07) is 6.85. The van der Waals surface area contributed by atoms with Crippen molar-refractivity contribution in [3.63, 3.8) is 0 Å². The van der Waals surface area contributed by atoms with Gasteiger partial charge in [-0.05, 0) is 31.2 Å². The molecule has 1 radical (unpaired) electrons. The zero-order valence-electron chi connectivity index (χ0n) is 7.15. The molecule has 0 saturated carbocycles. The first kappa shape index (κ1) is 9.67. The Morgan fingerprint density at radius 1 is 1.46 bits per heavy atom. The minimum absolute atomic E-state index is 0.458. The highest BCUT2D eigenvalue weighted by atomic mass is 32.1. The fraction of sp³-hybridized carbons (Fsp3) is 0.111. The number of hydrogen-bond acceptors (Lipinski definition) is 3. The molecule has 1 amide bonds. The van der Waals surface area contributed by atoms with Gasteiger partial charge in [0.15, 0.2) is 0 Å². The van der Waals surface area contributed by atoms with Crippen molar-refractivity contribution in [1.82, 2.24) is 0 Å². The SMILES string of the molecule is CC(=S)N([C]=O)c1ccc(N)cc1. The zero-order chi connectivity index (χ0) is 9.84. The number of thiocarbonyl (C=S) groups is 1. The summed E-state index contributed by atoms with van der Waals surface area (Å²) in [7, 11) is 0. The van der Waals surface area contributed by atoms with Gasteiger partial charge in [0, 0.05) is 5.69 Å². The molecule has 0 bridgehead atoms. The first-order chi connectivity index (χ1) is 6.15. The average molecular weight is 193 g/mol. The van der Waals surface area contributed by atoms with Crippen LogP contribution in [0.5, 0.6) is 0 Å². The highest BCUT2D eigenvalue weighted by Gasteiger charge is 2.06. The predicted octanol–water partition coefficient (Wildman–Crippen LogP) is 1.49. The molecule has 0 aliphatic heterocycles. The van der Waals surface area contributed by atoms with Crippen molar-refractivity contribution in [3.8, 4) is 0 Å². The van der Waals surface area contributed by atoms with E-state index in [1.807, 2.05) is 0 Å². The molecule has 1 rings (SSSR count). The summed E-state index contributed by atoms with van der Waals surface area (Å²) in [5.41, 5.74) is 6.82. The number of nitrogens with two attached hydrogens (primary N) is 1. The number of amides is 1. The lowest BCUT2D eigenvalue weighted by Gasteiger charge is -2.13. The van der Waals surface area contributed by atoms with Gasteiger partial charge in [-0.2, -0.15) is 0 Å². The third-order valence-electron chi connectivity index (χ3n) is 1.56. The third kappa shape index (κ3) is 2.26. The molecule has 0 saturated heterocycles. The molecule has 0 aliphatic rings. The van der Waals surface area contributed by atoms with Gasteiger partial charge in [-0.3, -0.25) is 9.69 Å². The van der Waals surface area contributed by atoms with Gasteiger partial charge in [0.25, 0.3) is 0 Å². The lowest BCUT2D eigenvalue weighted by molar-refractivity contribution is 0.557. The quantitative estimate of drug-likeness (QED) is 0.439. The Kier molecular flexibility index (Phi) is 2.97.